The van der Waals surface area contributed by atoms with Gasteiger partial charge in [-0.15, -0.1) is 0 Å². The molecule has 29 heavy (non-hydrogen) atoms. The lowest BCUT2D eigenvalue weighted by molar-refractivity contribution is 0.279. The Hall–Kier alpha value is -2.43. The molecule has 0 aromatic heterocycles. The van der Waals surface area contributed by atoms with E-state index in [-0.39, 0.29) is 12.2 Å². The first-order valence-electron chi connectivity index (χ1n) is 9.12. The predicted octanol–water partition coefficient (Wildman–Crippen LogP) is 6.95. The van der Waals surface area contributed by atoms with E-state index in [0.29, 0.717) is 28.1 Å². The van der Waals surface area contributed by atoms with Crippen LogP contribution in [0.3, 0.4) is 0 Å². The number of rotatable bonds is 7. The van der Waals surface area contributed by atoms with Gasteiger partial charge in [0.05, 0.1) is 12.1 Å². The van der Waals surface area contributed by atoms with Crippen LogP contribution >= 0.6 is 23.2 Å². The molecule has 0 aliphatic heterocycles. The molecule has 1 N–H and O–H groups in total. The summed E-state index contributed by atoms with van der Waals surface area (Å²) < 4.78 is 25.2. The Balaban J connectivity index is 1.75. The average molecular weight is 434 g/mol. The summed E-state index contributed by atoms with van der Waals surface area (Å²) in [6, 6.07) is 14.2. The summed E-state index contributed by atoms with van der Waals surface area (Å²) in [7, 11) is 1.55. The molecule has 0 heterocycles. The highest BCUT2D eigenvalue weighted by atomic mass is 35.5. The Kier molecular flexibility index (Phi) is 6.88. The van der Waals surface area contributed by atoms with E-state index in [1.807, 2.05) is 12.1 Å². The smallest absolute Gasteiger partial charge is 0.163 e. The van der Waals surface area contributed by atoms with Gasteiger partial charge >= 0.3 is 0 Å². The number of ether oxygens (including phenoxy) is 2. The SMILES string of the molecule is COc1cc(CNc2ccc(C)c(C)c2)c(Cl)cc1OCc1c(F)cccc1Cl. The quantitative estimate of drug-likeness (QED) is 0.437. The molecule has 0 unspecified atom stereocenters. The van der Waals surface area contributed by atoms with Crippen molar-refractivity contribution in [3.8, 4) is 11.5 Å². The fraction of sp³-hybridized carbons (Fsp3) is 0.217. The molecule has 152 valence electrons. The third-order valence-electron chi connectivity index (χ3n) is 4.76. The van der Waals surface area contributed by atoms with Crippen LogP contribution in [0.5, 0.6) is 11.5 Å². The van der Waals surface area contributed by atoms with E-state index in [1.54, 1.807) is 25.3 Å². The summed E-state index contributed by atoms with van der Waals surface area (Å²) >= 11 is 12.5. The molecule has 3 rings (SSSR count). The molecule has 0 radical (unpaired) electrons. The van der Waals surface area contributed by atoms with Gasteiger partial charge in [-0.1, -0.05) is 35.3 Å². The molecule has 0 saturated heterocycles. The molecular weight excluding hydrogens is 412 g/mol. The number of hydrogen-bond acceptors (Lipinski definition) is 3. The van der Waals surface area contributed by atoms with E-state index in [9.17, 15) is 4.39 Å². The maximum Gasteiger partial charge on any atom is 0.163 e. The lowest BCUT2D eigenvalue weighted by Gasteiger charge is -2.15. The van der Waals surface area contributed by atoms with Crippen molar-refractivity contribution in [2.24, 2.45) is 0 Å². The van der Waals surface area contributed by atoms with Crippen molar-refractivity contribution in [2.45, 2.75) is 27.0 Å². The Morgan fingerprint density at radius 3 is 2.41 bits per heavy atom. The second-order valence-corrected chi connectivity index (χ2v) is 7.55. The summed E-state index contributed by atoms with van der Waals surface area (Å²) in [5.74, 6) is 0.516. The van der Waals surface area contributed by atoms with E-state index in [0.717, 1.165) is 11.3 Å². The molecule has 0 saturated carbocycles. The summed E-state index contributed by atoms with van der Waals surface area (Å²) in [6.07, 6.45) is 0. The van der Waals surface area contributed by atoms with Gasteiger partial charge in [-0.3, -0.25) is 0 Å². The Morgan fingerprint density at radius 1 is 0.931 bits per heavy atom. The van der Waals surface area contributed by atoms with Gasteiger partial charge in [-0.25, -0.2) is 4.39 Å². The van der Waals surface area contributed by atoms with Crippen LogP contribution in [0, 0.1) is 19.7 Å². The number of halogens is 3. The molecule has 0 fully saturated rings. The number of hydrogen-bond donors (Lipinski definition) is 1. The molecular formula is C23H22Cl2FNO2. The van der Waals surface area contributed by atoms with Crippen LogP contribution in [0.2, 0.25) is 10.0 Å². The van der Waals surface area contributed by atoms with E-state index < -0.39 is 5.82 Å². The normalized spacial score (nSPS) is 10.7. The minimum atomic E-state index is -0.420. The average Bonchev–Trinajstić information content (AvgIpc) is 2.69. The van der Waals surface area contributed by atoms with Crippen LogP contribution in [0.15, 0.2) is 48.5 Å². The standard InChI is InChI=1S/C23H22Cl2FNO2/c1-14-7-8-17(9-15(14)2)27-12-16-10-22(28-3)23(11-20(16)25)29-13-18-19(24)5-4-6-21(18)26/h4-11,27H,12-13H2,1-3H3. The monoisotopic (exact) mass is 433 g/mol. The van der Waals surface area contributed by atoms with Crippen molar-refractivity contribution in [1.82, 2.24) is 0 Å². The van der Waals surface area contributed by atoms with Gasteiger partial charge in [0.2, 0.25) is 0 Å². The maximum atomic E-state index is 14.0. The third kappa shape index (κ3) is 5.14. The molecule has 0 atom stereocenters. The number of methoxy groups -OCH3 is 1. The fourth-order valence-corrected chi connectivity index (χ4v) is 3.29. The minimum absolute atomic E-state index is 0.0293. The zero-order valence-electron chi connectivity index (χ0n) is 16.5. The third-order valence-corrected chi connectivity index (χ3v) is 5.46. The highest BCUT2D eigenvalue weighted by Crippen LogP contribution is 2.35. The van der Waals surface area contributed by atoms with E-state index in [2.05, 4.69) is 31.3 Å². The van der Waals surface area contributed by atoms with Gasteiger partial charge in [0, 0.05) is 28.9 Å². The summed E-state index contributed by atoms with van der Waals surface area (Å²) in [5, 5.41) is 4.20. The summed E-state index contributed by atoms with van der Waals surface area (Å²) in [4.78, 5) is 0. The molecule has 0 spiro atoms. The summed E-state index contributed by atoms with van der Waals surface area (Å²) in [5.41, 5.74) is 4.62. The molecule has 0 amide bonds. The first-order valence-corrected chi connectivity index (χ1v) is 9.88. The topological polar surface area (TPSA) is 30.5 Å². The van der Waals surface area contributed by atoms with Crippen LogP contribution in [-0.2, 0) is 13.2 Å². The van der Waals surface area contributed by atoms with Crippen molar-refractivity contribution in [3.05, 3.63) is 86.6 Å². The Morgan fingerprint density at radius 2 is 1.72 bits per heavy atom. The number of anilines is 1. The van der Waals surface area contributed by atoms with E-state index in [4.69, 9.17) is 32.7 Å². The lowest BCUT2D eigenvalue weighted by Crippen LogP contribution is -2.04. The van der Waals surface area contributed by atoms with Gasteiger partial charge in [-0.2, -0.15) is 0 Å². The number of nitrogens with one attached hydrogen (secondary N) is 1. The molecule has 0 aliphatic rings. The van der Waals surface area contributed by atoms with Gasteiger partial charge in [0.1, 0.15) is 12.4 Å². The Bertz CT molecular complexity index is 1000. The largest absolute Gasteiger partial charge is 0.493 e. The van der Waals surface area contributed by atoms with Crippen molar-refractivity contribution in [2.75, 3.05) is 12.4 Å². The van der Waals surface area contributed by atoms with Crippen LogP contribution in [0.1, 0.15) is 22.3 Å². The van der Waals surface area contributed by atoms with E-state index in [1.165, 1.54) is 17.2 Å². The van der Waals surface area contributed by atoms with Crippen molar-refractivity contribution < 1.29 is 13.9 Å². The highest BCUT2D eigenvalue weighted by Gasteiger charge is 2.13. The molecule has 0 aliphatic carbocycles. The van der Waals surface area contributed by atoms with Gasteiger partial charge in [0.15, 0.2) is 11.5 Å². The first-order chi connectivity index (χ1) is 13.9. The molecule has 0 bridgehead atoms. The molecule has 3 aromatic rings. The van der Waals surface area contributed by atoms with Crippen LogP contribution in [0.25, 0.3) is 0 Å². The number of benzene rings is 3. The zero-order valence-corrected chi connectivity index (χ0v) is 18.0. The van der Waals surface area contributed by atoms with Crippen LogP contribution < -0.4 is 14.8 Å². The second-order valence-electron chi connectivity index (χ2n) is 6.74. The highest BCUT2D eigenvalue weighted by molar-refractivity contribution is 6.31. The van der Waals surface area contributed by atoms with Crippen LogP contribution in [0.4, 0.5) is 10.1 Å². The van der Waals surface area contributed by atoms with Crippen molar-refractivity contribution >= 4 is 28.9 Å². The van der Waals surface area contributed by atoms with Gasteiger partial charge in [-0.05, 0) is 60.9 Å². The molecule has 3 aromatic carbocycles. The first kappa shape index (κ1) is 21.3. The van der Waals surface area contributed by atoms with Crippen molar-refractivity contribution in [3.63, 3.8) is 0 Å². The zero-order chi connectivity index (χ0) is 21.0. The lowest BCUT2D eigenvalue weighted by atomic mass is 10.1. The molecule has 3 nitrogen and oxygen atoms in total. The van der Waals surface area contributed by atoms with Crippen LogP contribution in [-0.4, -0.2) is 7.11 Å². The van der Waals surface area contributed by atoms with Gasteiger partial charge < -0.3 is 14.8 Å². The van der Waals surface area contributed by atoms with Gasteiger partial charge in [0.25, 0.3) is 0 Å². The maximum absolute atomic E-state index is 14.0. The molecule has 6 heteroatoms. The second kappa shape index (κ2) is 9.38. The Labute approximate surface area is 180 Å². The minimum Gasteiger partial charge on any atom is -0.493 e. The predicted molar refractivity (Wildman–Crippen MR) is 117 cm³/mol. The van der Waals surface area contributed by atoms with E-state index >= 15 is 0 Å². The number of aryl methyl sites for hydroxylation is 2. The van der Waals surface area contributed by atoms with Crippen molar-refractivity contribution in [1.29, 1.82) is 0 Å². The summed E-state index contributed by atoms with van der Waals surface area (Å²) in [6.45, 7) is 4.65. The fourth-order valence-electron chi connectivity index (χ4n) is 2.85.